The van der Waals surface area contributed by atoms with Crippen LogP contribution in [0.15, 0.2) is 0 Å². The number of hydrogen-bond acceptors (Lipinski definition) is 3. The van der Waals surface area contributed by atoms with E-state index in [0.717, 1.165) is 6.42 Å². The molecule has 0 bridgehead atoms. The summed E-state index contributed by atoms with van der Waals surface area (Å²) >= 11 is 0. The lowest BCUT2D eigenvalue weighted by Gasteiger charge is -2.29. The van der Waals surface area contributed by atoms with E-state index in [4.69, 9.17) is 14.2 Å². The summed E-state index contributed by atoms with van der Waals surface area (Å²) in [5, 5.41) is 10.9. The lowest BCUT2D eigenvalue weighted by molar-refractivity contribution is -0.394. The van der Waals surface area contributed by atoms with Gasteiger partial charge in [0.05, 0.1) is 6.61 Å². The van der Waals surface area contributed by atoms with Gasteiger partial charge in [0.25, 0.3) is 0 Å². The zero-order chi connectivity index (χ0) is 10.2. The largest absolute Gasteiger partial charge is 0.326 e. The number of rotatable bonds is 8. The summed E-state index contributed by atoms with van der Waals surface area (Å²) < 4.78 is 15.6. The molecule has 0 rings (SSSR count). The van der Waals surface area contributed by atoms with Crippen molar-refractivity contribution in [3.8, 4) is 0 Å². The second-order valence-corrected chi connectivity index (χ2v) is 2.54. The van der Waals surface area contributed by atoms with E-state index in [1.807, 2.05) is 6.92 Å². The van der Waals surface area contributed by atoms with Gasteiger partial charge in [0, 0.05) is 13.2 Å². The second kappa shape index (κ2) is 7.26. The molecule has 0 atom stereocenters. The van der Waals surface area contributed by atoms with E-state index in [2.05, 4.69) is 0 Å². The summed E-state index contributed by atoms with van der Waals surface area (Å²) in [4.78, 5) is 0. The van der Waals surface area contributed by atoms with Gasteiger partial charge in [-0.1, -0.05) is 6.92 Å². The minimum atomic E-state index is -1.36. The quantitative estimate of drug-likeness (QED) is 0.547. The average molecular weight is 191 g/mol. The topological polar surface area (TPSA) is 47.6 Å². The molecule has 79 valence electrons. The van der Waals surface area contributed by atoms with Crippen molar-refractivity contribution in [3.05, 3.63) is 0 Å². The third kappa shape index (κ3) is 4.57. The first kappa shape index (κ1) is 12.8. The fraction of sp³-hybridized carbons (Fsp3) is 1.00. The van der Waals surface area contributed by atoms with Crippen molar-refractivity contribution < 1.29 is 19.3 Å². The van der Waals surface area contributed by atoms with Crippen LogP contribution in [0.2, 0.25) is 0 Å². The minimum absolute atomic E-state index is 0.409. The van der Waals surface area contributed by atoms with Crippen LogP contribution in [-0.4, -0.2) is 32.4 Å². The first-order chi connectivity index (χ1) is 6.24. The summed E-state index contributed by atoms with van der Waals surface area (Å²) in [6, 6.07) is 0. The molecule has 0 aromatic carbocycles. The van der Waals surface area contributed by atoms with Gasteiger partial charge in [-0.25, -0.2) is 5.11 Å². The normalized spacial score (nSPS) is 12.0. The van der Waals surface area contributed by atoms with E-state index in [0.29, 0.717) is 19.8 Å². The molecule has 0 aliphatic heterocycles. The zero-order valence-electron chi connectivity index (χ0n) is 8.67. The molecule has 0 saturated heterocycles. The Morgan fingerprint density at radius 3 is 1.85 bits per heavy atom. The Hall–Kier alpha value is -0.160. The number of ether oxygens (including phenoxy) is 3. The van der Waals surface area contributed by atoms with Crippen LogP contribution >= 0.6 is 0 Å². The average Bonchev–Trinajstić information content (AvgIpc) is 2.15. The third-order valence-corrected chi connectivity index (χ3v) is 1.43. The summed E-state index contributed by atoms with van der Waals surface area (Å²) in [5.41, 5.74) is 0. The molecule has 0 aromatic rings. The molecule has 0 aromatic heterocycles. The Kier molecular flexibility index (Phi) is 7.17. The van der Waals surface area contributed by atoms with Crippen molar-refractivity contribution in [2.75, 3.05) is 26.4 Å². The van der Waals surface area contributed by atoms with Crippen molar-refractivity contribution in [1.82, 2.24) is 0 Å². The highest BCUT2D eigenvalue weighted by atomic mass is 16.9. The Balaban J connectivity index is 4.07. The molecule has 1 radical (unpaired) electrons. The van der Waals surface area contributed by atoms with Gasteiger partial charge < -0.3 is 14.2 Å². The smallest absolute Gasteiger partial charge is 0.311 e. The monoisotopic (exact) mass is 191 g/mol. The van der Waals surface area contributed by atoms with E-state index >= 15 is 0 Å². The van der Waals surface area contributed by atoms with Crippen LogP contribution in [-0.2, 0) is 19.3 Å². The fourth-order valence-electron chi connectivity index (χ4n) is 0.947. The predicted molar refractivity (Wildman–Crippen MR) is 47.8 cm³/mol. The highest BCUT2D eigenvalue weighted by Crippen LogP contribution is 2.15. The third-order valence-electron chi connectivity index (χ3n) is 1.43. The van der Waals surface area contributed by atoms with Gasteiger partial charge in [0.1, 0.15) is 0 Å². The van der Waals surface area contributed by atoms with E-state index < -0.39 is 12.6 Å². The van der Waals surface area contributed by atoms with Gasteiger partial charge in [-0.15, -0.1) is 0 Å². The van der Waals surface area contributed by atoms with Gasteiger partial charge in [-0.05, 0) is 20.3 Å². The van der Waals surface area contributed by atoms with Crippen molar-refractivity contribution in [2.24, 2.45) is 0 Å². The first-order valence-electron chi connectivity index (χ1n) is 4.74. The van der Waals surface area contributed by atoms with Gasteiger partial charge >= 0.3 is 5.97 Å². The van der Waals surface area contributed by atoms with Crippen molar-refractivity contribution in [1.29, 1.82) is 0 Å². The van der Waals surface area contributed by atoms with Crippen LogP contribution in [0.1, 0.15) is 27.2 Å². The molecule has 4 heteroatoms. The fourth-order valence-corrected chi connectivity index (χ4v) is 0.947. The molecule has 0 fully saturated rings. The highest BCUT2D eigenvalue weighted by Gasteiger charge is 2.32. The summed E-state index contributed by atoms with van der Waals surface area (Å²) in [7, 11) is 0. The molecular formula is C9H19O4. The Morgan fingerprint density at radius 2 is 1.54 bits per heavy atom. The van der Waals surface area contributed by atoms with Crippen LogP contribution < -0.4 is 0 Å². The molecule has 13 heavy (non-hydrogen) atoms. The highest BCUT2D eigenvalue weighted by molar-refractivity contribution is 4.54. The van der Waals surface area contributed by atoms with E-state index in [1.54, 1.807) is 13.8 Å². The van der Waals surface area contributed by atoms with Gasteiger partial charge in [-0.2, -0.15) is 0 Å². The van der Waals surface area contributed by atoms with Crippen LogP contribution in [0.4, 0.5) is 0 Å². The maximum Gasteiger partial charge on any atom is 0.311 e. The summed E-state index contributed by atoms with van der Waals surface area (Å²) in [6.07, 6.45) is 0.835. The van der Waals surface area contributed by atoms with Crippen LogP contribution in [0, 0.1) is 0 Å². The van der Waals surface area contributed by atoms with E-state index in [9.17, 15) is 5.11 Å². The molecule has 0 unspecified atom stereocenters. The molecule has 0 heterocycles. The Morgan fingerprint density at radius 1 is 1.00 bits per heavy atom. The molecule has 0 spiro atoms. The predicted octanol–water partition coefficient (Wildman–Crippen LogP) is 1.57. The van der Waals surface area contributed by atoms with Crippen LogP contribution in [0.3, 0.4) is 0 Å². The minimum Gasteiger partial charge on any atom is -0.326 e. The molecule has 4 nitrogen and oxygen atoms in total. The second-order valence-electron chi connectivity index (χ2n) is 2.54. The van der Waals surface area contributed by atoms with E-state index in [1.165, 1.54) is 0 Å². The first-order valence-corrected chi connectivity index (χ1v) is 4.74. The van der Waals surface area contributed by atoms with E-state index in [-0.39, 0.29) is 0 Å². The molecule has 0 amide bonds. The molecule has 0 aliphatic rings. The maximum absolute atomic E-state index is 10.9. The number of hydrogen-bond donors (Lipinski definition) is 0. The Bertz CT molecular complexity index is 110. The SMILES string of the molecule is CCCOC(C[O])(OCC)OCC. The molecule has 0 N–H and O–H groups in total. The maximum atomic E-state index is 10.9. The van der Waals surface area contributed by atoms with Crippen LogP contribution in [0.25, 0.3) is 0 Å². The molecule has 0 saturated carbocycles. The lowest BCUT2D eigenvalue weighted by Crippen LogP contribution is -2.42. The zero-order valence-corrected chi connectivity index (χ0v) is 8.67. The standard InChI is InChI=1S/C9H19O4/c1-4-7-13-9(8-10,11-5-2)12-6-3/h4-8H2,1-3H3. The molecule has 0 aliphatic carbocycles. The summed E-state index contributed by atoms with van der Waals surface area (Å²) in [5.74, 6) is -1.36. The van der Waals surface area contributed by atoms with Crippen molar-refractivity contribution in [3.63, 3.8) is 0 Å². The molecular weight excluding hydrogens is 172 g/mol. The van der Waals surface area contributed by atoms with Gasteiger partial charge in [0.15, 0.2) is 6.61 Å². The van der Waals surface area contributed by atoms with Crippen molar-refractivity contribution in [2.45, 2.75) is 33.2 Å². The lowest BCUT2D eigenvalue weighted by atomic mass is 10.5. The van der Waals surface area contributed by atoms with Crippen LogP contribution in [0.5, 0.6) is 0 Å². The van der Waals surface area contributed by atoms with Crippen molar-refractivity contribution >= 4 is 0 Å². The van der Waals surface area contributed by atoms with Gasteiger partial charge in [-0.3, -0.25) is 0 Å². The van der Waals surface area contributed by atoms with Gasteiger partial charge in [0.2, 0.25) is 0 Å². The Labute approximate surface area is 79.8 Å². The summed E-state index contributed by atoms with van der Waals surface area (Å²) in [6.45, 7) is 6.33.